The first-order valence-electron chi connectivity index (χ1n) is 5.20. The smallest absolute Gasteiger partial charge is 0.193 e. The van der Waals surface area contributed by atoms with Crippen molar-refractivity contribution in [3.63, 3.8) is 0 Å². The molecule has 0 saturated heterocycles. The van der Waals surface area contributed by atoms with Gasteiger partial charge < -0.3 is 9.15 Å². The van der Waals surface area contributed by atoms with Gasteiger partial charge in [-0.2, -0.15) is 0 Å². The molecule has 1 aromatic heterocycles. The van der Waals surface area contributed by atoms with Crippen LogP contribution in [0.4, 0.5) is 4.39 Å². The van der Waals surface area contributed by atoms with E-state index in [0.717, 1.165) is 0 Å². The normalized spacial score (nSPS) is 12.4. The van der Waals surface area contributed by atoms with Gasteiger partial charge in [0.1, 0.15) is 23.4 Å². The average Bonchev–Trinajstić information content (AvgIpc) is 2.78. The minimum Gasteiger partial charge on any atom is -0.497 e. The lowest BCUT2D eigenvalue weighted by molar-refractivity contribution is 0.407. The van der Waals surface area contributed by atoms with Crippen LogP contribution in [0.1, 0.15) is 17.4 Å². The Labute approximate surface area is 108 Å². The van der Waals surface area contributed by atoms with E-state index in [4.69, 9.17) is 26.6 Å². The van der Waals surface area contributed by atoms with Crippen LogP contribution in [0.15, 0.2) is 34.7 Å². The molecule has 1 unspecified atom stereocenters. The average molecular weight is 271 g/mol. The first-order valence-corrected chi connectivity index (χ1v) is 5.58. The lowest BCUT2D eigenvalue weighted by Gasteiger charge is -2.15. The number of methoxy groups -OCH3 is 1. The highest BCUT2D eigenvalue weighted by atomic mass is 35.5. The molecule has 18 heavy (non-hydrogen) atoms. The monoisotopic (exact) mass is 270 g/mol. The van der Waals surface area contributed by atoms with Crippen LogP contribution in [0, 0.1) is 5.82 Å². The number of nitrogens with two attached hydrogens (primary N) is 1. The maximum atomic E-state index is 13.9. The van der Waals surface area contributed by atoms with Crippen LogP contribution in [-0.2, 0) is 0 Å². The minimum atomic E-state index is -0.608. The molecule has 0 saturated carbocycles. The van der Waals surface area contributed by atoms with E-state index in [0.29, 0.717) is 17.1 Å². The van der Waals surface area contributed by atoms with Crippen molar-refractivity contribution in [1.82, 2.24) is 5.43 Å². The van der Waals surface area contributed by atoms with E-state index in [1.807, 2.05) is 0 Å². The predicted molar refractivity (Wildman–Crippen MR) is 65.8 cm³/mol. The molecule has 0 aliphatic rings. The fourth-order valence-corrected chi connectivity index (χ4v) is 1.83. The Kier molecular flexibility index (Phi) is 3.86. The molecule has 1 atom stereocenters. The van der Waals surface area contributed by atoms with Crippen molar-refractivity contribution in [2.45, 2.75) is 6.04 Å². The summed E-state index contributed by atoms with van der Waals surface area (Å²) in [5, 5.41) is 0.221. The second-order valence-electron chi connectivity index (χ2n) is 3.63. The summed E-state index contributed by atoms with van der Waals surface area (Å²) >= 11 is 5.69. The van der Waals surface area contributed by atoms with Crippen molar-refractivity contribution in [2.24, 2.45) is 5.84 Å². The maximum absolute atomic E-state index is 13.9. The van der Waals surface area contributed by atoms with E-state index >= 15 is 0 Å². The molecule has 0 radical (unpaired) electrons. The molecule has 0 spiro atoms. The third kappa shape index (κ3) is 2.48. The van der Waals surface area contributed by atoms with Crippen molar-refractivity contribution in [1.29, 1.82) is 0 Å². The van der Waals surface area contributed by atoms with Gasteiger partial charge in [-0.1, -0.05) is 6.07 Å². The highest BCUT2D eigenvalue weighted by molar-refractivity contribution is 6.28. The van der Waals surface area contributed by atoms with Crippen molar-refractivity contribution in [2.75, 3.05) is 7.11 Å². The zero-order valence-corrected chi connectivity index (χ0v) is 10.4. The fraction of sp³-hybridized carbons (Fsp3) is 0.167. The van der Waals surface area contributed by atoms with Crippen LogP contribution >= 0.6 is 11.6 Å². The summed E-state index contributed by atoms with van der Waals surface area (Å²) in [5.74, 6) is 5.87. The van der Waals surface area contributed by atoms with E-state index in [1.54, 1.807) is 24.3 Å². The summed E-state index contributed by atoms with van der Waals surface area (Å²) in [7, 11) is 1.47. The van der Waals surface area contributed by atoms with Gasteiger partial charge in [-0.25, -0.2) is 9.82 Å². The van der Waals surface area contributed by atoms with E-state index < -0.39 is 11.9 Å². The molecule has 0 aliphatic heterocycles. The zero-order valence-electron chi connectivity index (χ0n) is 9.61. The Morgan fingerprint density at radius 1 is 1.39 bits per heavy atom. The summed E-state index contributed by atoms with van der Waals surface area (Å²) in [6, 6.07) is 7.11. The minimum absolute atomic E-state index is 0.221. The molecular formula is C12H12ClFN2O2. The summed E-state index contributed by atoms with van der Waals surface area (Å²) in [6.45, 7) is 0. The van der Waals surface area contributed by atoms with Crippen LogP contribution in [0.5, 0.6) is 5.75 Å². The van der Waals surface area contributed by atoms with E-state index in [-0.39, 0.29) is 5.22 Å². The Hall–Kier alpha value is -1.56. The zero-order chi connectivity index (χ0) is 13.1. The highest BCUT2D eigenvalue weighted by Crippen LogP contribution is 2.28. The van der Waals surface area contributed by atoms with Gasteiger partial charge in [0, 0.05) is 11.6 Å². The highest BCUT2D eigenvalue weighted by Gasteiger charge is 2.20. The standard InChI is InChI=1S/C12H12ClFN2O2/c1-17-7-2-3-8(9(14)6-7)12(16-15)10-4-5-11(13)18-10/h2-6,12,16H,15H2,1H3. The van der Waals surface area contributed by atoms with Gasteiger partial charge in [0.15, 0.2) is 5.22 Å². The molecule has 6 heteroatoms. The number of hydrogen-bond acceptors (Lipinski definition) is 4. The van der Waals surface area contributed by atoms with Gasteiger partial charge in [-0.3, -0.25) is 5.84 Å². The largest absolute Gasteiger partial charge is 0.497 e. The Bertz CT molecular complexity index is 545. The first-order chi connectivity index (χ1) is 8.65. The number of furan rings is 1. The van der Waals surface area contributed by atoms with E-state index in [1.165, 1.54) is 13.2 Å². The first kappa shape index (κ1) is 12.9. The van der Waals surface area contributed by atoms with Gasteiger partial charge in [-0.15, -0.1) is 0 Å². The quantitative estimate of drug-likeness (QED) is 0.662. The summed E-state index contributed by atoms with van der Waals surface area (Å²) < 4.78 is 24.1. The number of halogens is 2. The number of hydrazine groups is 1. The van der Waals surface area contributed by atoms with Crippen LogP contribution in [0.25, 0.3) is 0 Å². The molecule has 96 valence electrons. The SMILES string of the molecule is COc1ccc(C(NN)c2ccc(Cl)o2)c(F)c1. The van der Waals surface area contributed by atoms with Crippen LogP contribution in [0.3, 0.4) is 0 Å². The molecule has 0 bridgehead atoms. The van der Waals surface area contributed by atoms with Crippen LogP contribution < -0.4 is 16.0 Å². The lowest BCUT2D eigenvalue weighted by Crippen LogP contribution is -2.29. The molecular weight excluding hydrogens is 259 g/mol. The Balaban J connectivity index is 2.39. The van der Waals surface area contributed by atoms with Crippen molar-refractivity contribution < 1.29 is 13.5 Å². The van der Waals surface area contributed by atoms with E-state index in [2.05, 4.69) is 5.43 Å². The van der Waals surface area contributed by atoms with Crippen molar-refractivity contribution >= 4 is 11.6 Å². The van der Waals surface area contributed by atoms with Crippen LogP contribution in [0.2, 0.25) is 5.22 Å². The predicted octanol–water partition coefficient (Wildman–Crippen LogP) is 2.63. The van der Waals surface area contributed by atoms with Crippen molar-refractivity contribution in [3.8, 4) is 5.75 Å². The molecule has 3 N–H and O–H groups in total. The Morgan fingerprint density at radius 2 is 2.17 bits per heavy atom. The topological polar surface area (TPSA) is 60.4 Å². The van der Waals surface area contributed by atoms with Gasteiger partial charge in [0.2, 0.25) is 0 Å². The van der Waals surface area contributed by atoms with Gasteiger partial charge in [-0.05, 0) is 29.8 Å². The number of hydrogen-bond donors (Lipinski definition) is 2. The molecule has 1 aromatic carbocycles. The molecule has 4 nitrogen and oxygen atoms in total. The maximum Gasteiger partial charge on any atom is 0.193 e. The molecule has 0 aliphatic carbocycles. The molecule has 0 fully saturated rings. The van der Waals surface area contributed by atoms with E-state index in [9.17, 15) is 4.39 Å². The molecule has 1 heterocycles. The lowest BCUT2D eigenvalue weighted by atomic mass is 10.0. The van der Waals surface area contributed by atoms with Gasteiger partial charge in [0.25, 0.3) is 0 Å². The third-order valence-corrected chi connectivity index (χ3v) is 2.77. The molecule has 0 amide bonds. The fourth-order valence-electron chi connectivity index (χ4n) is 1.68. The number of ether oxygens (including phenoxy) is 1. The summed E-state index contributed by atoms with van der Waals surface area (Å²) in [4.78, 5) is 0. The summed E-state index contributed by atoms with van der Waals surface area (Å²) in [5.41, 5.74) is 2.84. The molecule has 2 rings (SSSR count). The number of benzene rings is 1. The number of nitrogens with one attached hydrogen (secondary N) is 1. The van der Waals surface area contributed by atoms with Crippen molar-refractivity contribution in [3.05, 3.63) is 52.7 Å². The second kappa shape index (κ2) is 5.39. The second-order valence-corrected chi connectivity index (χ2v) is 4.00. The van der Waals surface area contributed by atoms with Gasteiger partial charge >= 0.3 is 0 Å². The Morgan fingerprint density at radius 3 is 2.67 bits per heavy atom. The van der Waals surface area contributed by atoms with Gasteiger partial charge in [0.05, 0.1) is 7.11 Å². The number of rotatable bonds is 4. The summed E-state index contributed by atoms with van der Waals surface area (Å²) in [6.07, 6.45) is 0. The third-order valence-electron chi connectivity index (χ3n) is 2.56. The van der Waals surface area contributed by atoms with Crippen LogP contribution in [-0.4, -0.2) is 7.11 Å². The molecule has 2 aromatic rings.